The van der Waals surface area contributed by atoms with Gasteiger partial charge in [0, 0.05) is 37.9 Å². The summed E-state index contributed by atoms with van der Waals surface area (Å²) in [6, 6.07) is 6.70. The van der Waals surface area contributed by atoms with E-state index in [1.54, 1.807) is 29.2 Å². The summed E-state index contributed by atoms with van der Waals surface area (Å²) in [5.74, 6) is -0.763. The van der Waals surface area contributed by atoms with Gasteiger partial charge in [-0.05, 0) is 38.1 Å². The molecule has 2 amide bonds. The predicted octanol–water partition coefficient (Wildman–Crippen LogP) is 2.08. The van der Waals surface area contributed by atoms with Crippen molar-refractivity contribution in [3.63, 3.8) is 0 Å². The van der Waals surface area contributed by atoms with Crippen LogP contribution in [-0.4, -0.2) is 56.1 Å². The standard InChI is InChI=1S/C18H26N2O5/c1-4-20(5-2)18(23)14-6-8-15(9-7-14)19-16(21)10-11-17(22)25-13-12-24-3/h6-9H,4-5,10-13H2,1-3H3,(H,19,21). The number of nitrogens with zero attached hydrogens (tertiary/aromatic N) is 1. The highest BCUT2D eigenvalue weighted by atomic mass is 16.6. The lowest BCUT2D eigenvalue weighted by Crippen LogP contribution is -2.30. The van der Waals surface area contributed by atoms with Crippen LogP contribution in [0.3, 0.4) is 0 Å². The minimum Gasteiger partial charge on any atom is -0.463 e. The molecule has 0 radical (unpaired) electrons. The first-order valence-corrected chi connectivity index (χ1v) is 8.35. The molecule has 25 heavy (non-hydrogen) atoms. The third-order valence-corrected chi connectivity index (χ3v) is 3.57. The van der Waals surface area contributed by atoms with E-state index in [0.717, 1.165) is 0 Å². The molecule has 1 rings (SSSR count). The number of hydrogen-bond donors (Lipinski definition) is 1. The number of carbonyl (C=O) groups is 3. The molecule has 7 heteroatoms. The molecule has 0 aliphatic rings. The highest BCUT2D eigenvalue weighted by molar-refractivity contribution is 5.96. The monoisotopic (exact) mass is 350 g/mol. The maximum atomic E-state index is 12.2. The maximum absolute atomic E-state index is 12.2. The summed E-state index contributed by atoms with van der Waals surface area (Å²) in [5.41, 5.74) is 1.15. The quantitative estimate of drug-likeness (QED) is 0.516. The van der Waals surface area contributed by atoms with E-state index in [-0.39, 0.29) is 31.3 Å². The average Bonchev–Trinajstić information content (AvgIpc) is 2.62. The number of hydrogen-bond acceptors (Lipinski definition) is 5. The van der Waals surface area contributed by atoms with Gasteiger partial charge in [-0.3, -0.25) is 14.4 Å². The van der Waals surface area contributed by atoms with Crippen LogP contribution in [0, 0.1) is 0 Å². The summed E-state index contributed by atoms with van der Waals surface area (Å²) in [7, 11) is 1.52. The number of benzene rings is 1. The van der Waals surface area contributed by atoms with Crippen molar-refractivity contribution in [2.24, 2.45) is 0 Å². The summed E-state index contributed by atoms with van der Waals surface area (Å²) in [4.78, 5) is 37.2. The number of methoxy groups -OCH3 is 1. The summed E-state index contributed by atoms with van der Waals surface area (Å²) >= 11 is 0. The second kappa shape index (κ2) is 11.2. The lowest BCUT2D eigenvalue weighted by atomic mass is 10.1. The van der Waals surface area contributed by atoms with Crippen molar-refractivity contribution in [2.45, 2.75) is 26.7 Å². The summed E-state index contributed by atoms with van der Waals surface area (Å²) in [6.45, 7) is 5.66. The summed E-state index contributed by atoms with van der Waals surface area (Å²) in [6.07, 6.45) is 0.0417. The first kappa shape index (κ1) is 20.6. The van der Waals surface area contributed by atoms with Crippen molar-refractivity contribution in [3.05, 3.63) is 29.8 Å². The van der Waals surface area contributed by atoms with Crippen LogP contribution in [-0.2, 0) is 19.1 Å². The number of ether oxygens (including phenoxy) is 2. The van der Waals surface area contributed by atoms with E-state index in [9.17, 15) is 14.4 Å². The zero-order chi connectivity index (χ0) is 18.7. The smallest absolute Gasteiger partial charge is 0.306 e. The Labute approximate surface area is 148 Å². The SMILES string of the molecule is CCN(CC)C(=O)c1ccc(NC(=O)CCC(=O)OCCOC)cc1. The zero-order valence-electron chi connectivity index (χ0n) is 15.0. The first-order chi connectivity index (χ1) is 12.0. The van der Waals surface area contributed by atoms with Crippen LogP contribution < -0.4 is 5.32 Å². The van der Waals surface area contributed by atoms with Gasteiger partial charge in [-0.2, -0.15) is 0 Å². The summed E-state index contributed by atoms with van der Waals surface area (Å²) in [5, 5.41) is 2.69. The predicted molar refractivity (Wildman–Crippen MR) is 94.4 cm³/mol. The fourth-order valence-electron chi connectivity index (χ4n) is 2.14. The lowest BCUT2D eigenvalue weighted by Gasteiger charge is -2.18. The Morgan fingerprint density at radius 1 is 1.00 bits per heavy atom. The molecule has 138 valence electrons. The van der Waals surface area contributed by atoms with E-state index in [2.05, 4.69) is 5.32 Å². The van der Waals surface area contributed by atoms with E-state index >= 15 is 0 Å². The largest absolute Gasteiger partial charge is 0.463 e. The maximum Gasteiger partial charge on any atom is 0.306 e. The molecule has 0 fully saturated rings. The Balaban J connectivity index is 2.45. The molecule has 0 saturated heterocycles. The molecule has 1 aromatic carbocycles. The van der Waals surface area contributed by atoms with Gasteiger partial charge < -0.3 is 19.7 Å². The topological polar surface area (TPSA) is 84.9 Å². The highest BCUT2D eigenvalue weighted by Gasteiger charge is 2.13. The van der Waals surface area contributed by atoms with Gasteiger partial charge in [-0.15, -0.1) is 0 Å². The van der Waals surface area contributed by atoms with Gasteiger partial charge in [-0.25, -0.2) is 0 Å². The highest BCUT2D eigenvalue weighted by Crippen LogP contribution is 2.12. The zero-order valence-corrected chi connectivity index (χ0v) is 15.0. The lowest BCUT2D eigenvalue weighted by molar-refractivity contribution is -0.145. The number of anilines is 1. The fraction of sp³-hybridized carbons (Fsp3) is 0.500. The molecule has 0 bridgehead atoms. The van der Waals surface area contributed by atoms with Crippen LogP contribution in [0.25, 0.3) is 0 Å². The molecule has 0 aliphatic heterocycles. The Morgan fingerprint density at radius 2 is 1.64 bits per heavy atom. The van der Waals surface area contributed by atoms with E-state index in [1.165, 1.54) is 7.11 Å². The van der Waals surface area contributed by atoms with Crippen molar-refractivity contribution < 1.29 is 23.9 Å². The van der Waals surface area contributed by atoms with Gasteiger partial charge in [0.05, 0.1) is 13.0 Å². The van der Waals surface area contributed by atoms with Crippen LogP contribution in [0.15, 0.2) is 24.3 Å². The Morgan fingerprint density at radius 3 is 2.20 bits per heavy atom. The second-order valence-electron chi connectivity index (χ2n) is 5.32. The summed E-state index contributed by atoms with van der Waals surface area (Å²) < 4.78 is 9.65. The number of amides is 2. The second-order valence-corrected chi connectivity index (χ2v) is 5.32. The first-order valence-electron chi connectivity index (χ1n) is 8.35. The van der Waals surface area contributed by atoms with E-state index in [4.69, 9.17) is 9.47 Å². The minimum absolute atomic E-state index is 0.00801. The van der Waals surface area contributed by atoms with Crippen LogP contribution in [0.5, 0.6) is 0 Å². The molecule has 1 N–H and O–H groups in total. The third-order valence-electron chi connectivity index (χ3n) is 3.57. The molecule has 0 aromatic heterocycles. The third kappa shape index (κ3) is 7.34. The van der Waals surface area contributed by atoms with Crippen LogP contribution in [0.1, 0.15) is 37.0 Å². The molecular weight excluding hydrogens is 324 g/mol. The van der Waals surface area contributed by atoms with Crippen molar-refractivity contribution in [1.82, 2.24) is 4.90 Å². The normalized spacial score (nSPS) is 10.2. The van der Waals surface area contributed by atoms with Gasteiger partial charge in [0.25, 0.3) is 5.91 Å². The van der Waals surface area contributed by atoms with Crippen molar-refractivity contribution in [2.75, 3.05) is 38.7 Å². The van der Waals surface area contributed by atoms with Gasteiger partial charge in [0.2, 0.25) is 5.91 Å². The van der Waals surface area contributed by atoms with Gasteiger partial charge >= 0.3 is 5.97 Å². The number of rotatable bonds is 10. The number of esters is 1. The van der Waals surface area contributed by atoms with Crippen molar-refractivity contribution in [1.29, 1.82) is 0 Å². The number of carbonyl (C=O) groups excluding carboxylic acids is 3. The fourth-order valence-corrected chi connectivity index (χ4v) is 2.14. The van der Waals surface area contributed by atoms with E-state index in [0.29, 0.717) is 30.9 Å². The van der Waals surface area contributed by atoms with Crippen LogP contribution in [0.4, 0.5) is 5.69 Å². The molecule has 0 aliphatic carbocycles. The average molecular weight is 350 g/mol. The molecule has 0 saturated carbocycles. The molecule has 7 nitrogen and oxygen atoms in total. The molecule has 0 unspecified atom stereocenters. The molecule has 0 spiro atoms. The van der Waals surface area contributed by atoms with Crippen LogP contribution >= 0.6 is 0 Å². The van der Waals surface area contributed by atoms with Crippen molar-refractivity contribution >= 4 is 23.5 Å². The number of nitrogens with one attached hydrogen (secondary N) is 1. The van der Waals surface area contributed by atoms with E-state index < -0.39 is 5.97 Å². The minimum atomic E-state index is -0.438. The Kier molecular flexibility index (Phi) is 9.24. The molecular formula is C18H26N2O5. The van der Waals surface area contributed by atoms with Gasteiger partial charge in [-0.1, -0.05) is 0 Å². The molecule has 1 aromatic rings. The molecule has 0 atom stereocenters. The Bertz CT molecular complexity index is 567. The van der Waals surface area contributed by atoms with Crippen LogP contribution in [0.2, 0.25) is 0 Å². The Hall–Kier alpha value is -2.41. The van der Waals surface area contributed by atoms with Crippen molar-refractivity contribution in [3.8, 4) is 0 Å². The van der Waals surface area contributed by atoms with E-state index in [1.807, 2.05) is 13.8 Å². The van der Waals surface area contributed by atoms with Gasteiger partial charge in [0.15, 0.2) is 0 Å². The molecule has 0 heterocycles. The van der Waals surface area contributed by atoms with Gasteiger partial charge in [0.1, 0.15) is 6.61 Å².